The van der Waals surface area contributed by atoms with Gasteiger partial charge in [-0.3, -0.25) is 4.79 Å². The van der Waals surface area contributed by atoms with E-state index in [1.807, 2.05) is 0 Å². The summed E-state index contributed by atoms with van der Waals surface area (Å²) in [5, 5.41) is 3.04. The van der Waals surface area contributed by atoms with Crippen LogP contribution in [0.5, 0.6) is 0 Å². The lowest BCUT2D eigenvalue weighted by molar-refractivity contribution is -0.123. The van der Waals surface area contributed by atoms with Crippen molar-refractivity contribution in [3.05, 3.63) is 0 Å². The van der Waals surface area contributed by atoms with Crippen molar-refractivity contribution in [1.82, 2.24) is 5.32 Å². The molecule has 1 aliphatic rings. The number of carbonyl (C=O) groups is 1. The van der Waals surface area contributed by atoms with Gasteiger partial charge in [0, 0.05) is 13.0 Å². The Bertz CT molecular complexity index is 225. The molecule has 0 saturated carbocycles. The van der Waals surface area contributed by atoms with E-state index in [4.69, 9.17) is 10.5 Å². The van der Waals surface area contributed by atoms with Crippen molar-refractivity contribution in [2.75, 3.05) is 19.8 Å². The molecule has 1 rings (SSSR count). The number of rotatable bonds is 6. The number of nitrogens with one attached hydrogen (secondary N) is 1. The molecule has 0 radical (unpaired) electrons. The Kier molecular flexibility index (Phi) is 6.52. The Balaban J connectivity index is 2.26. The summed E-state index contributed by atoms with van der Waals surface area (Å²) in [7, 11) is 0. The van der Waals surface area contributed by atoms with Crippen molar-refractivity contribution in [1.29, 1.82) is 0 Å². The number of hydrogen-bond acceptors (Lipinski definition) is 3. The summed E-state index contributed by atoms with van der Waals surface area (Å²) < 4.78 is 5.34. The van der Waals surface area contributed by atoms with Crippen molar-refractivity contribution in [3.8, 4) is 0 Å². The van der Waals surface area contributed by atoms with Crippen molar-refractivity contribution >= 4 is 5.91 Å². The van der Waals surface area contributed by atoms with Crippen LogP contribution in [0.4, 0.5) is 0 Å². The number of carbonyl (C=O) groups excluding carboxylic acids is 1. The maximum absolute atomic E-state index is 11.8. The number of amides is 1. The largest absolute Gasteiger partial charge is 0.379 e. The van der Waals surface area contributed by atoms with Crippen molar-refractivity contribution in [3.63, 3.8) is 0 Å². The van der Waals surface area contributed by atoms with Crippen LogP contribution in [-0.2, 0) is 9.53 Å². The minimum atomic E-state index is 0.122. The van der Waals surface area contributed by atoms with E-state index in [0.29, 0.717) is 31.4 Å². The van der Waals surface area contributed by atoms with Crippen LogP contribution in [0.2, 0.25) is 0 Å². The van der Waals surface area contributed by atoms with Gasteiger partial charge in [-0.25, -0.2) is 0 Å². The zero-order chi connectivity index (χ0) is 12.7. The average Bonchev–Trinajstić information content (AvgIpc) is 2.28. The quantitative estimate of drug-likeness (QED) is 0.737. The topological polar surface area (TPSA) is 64.4 Å². The fourth-order valence-electron chi connectivity index (χ4n) is 2.33. The van der Waals surface area contributed by atoms with Gasteiger partial charge in [-0.1, -0.05) is 13.8 Å². The van der Waals surface area contributed by atoms with Gasteiger partial charge in [0.15, 0.2) is 0 Å². The lowest BCUT2D eigenvalue weighted by Gasteiger charge is -2.24. The third-order valence-corrected chi connectivity index (χ3v) is 3.14. The van der Waals surface area contributed by atoms with Crippen LogP contribution in [0.3, 0.4) is 0 Å². The first-order valence-electron chi connectivity index (χ1n) is 6.69. The molecule has 0 bridgehead atoms. The van der Waals surface area contributed by atoms with Gasteiger partial charge in [-0.05, 0) is 37.6 Å². The number of ether oxygens (including phenoxy) is 1. The fraction of sp³-hybridized carbons (Fsp3) is 0.923. The van der Waals surface area contributed by atoms with E-state index in [0.717, 1.165) is 25.9 Å². The Morgan fingerprint density at radius 3 is 2.82 bits per heavy atom. The van der Waals surface area contributed by atoms with Gasteiger partial charge in [-0.2, -0.15) is 0 Å². The maximum Gasteiger partial charge on any atom is 0.220 e. The van der Waals surface area contributed by atoms with Gasteiger partial charge in [-0.15, -0.1) is 0 Å². The zero-order valence-corrected chi connectivity index (χ0v) is 11.1. The molecule has 1 saturated heterocycles. The predicted molar refractivity (Wildman–Crippen MR) is 68.6 cm³/mol. The third kappa shape index (κ3) is 6.03. The van der Waals surface area contributed by atoms with Gasteiger partial charge in [0.1, 0.15) is 0 Å². The molecule has 1 aliphatic heterocycles. The second-order valence-electron chi connectivity index (χ2n) is 5.42. The van der Waals surface area contributed by atoms with Gasteiger partial charge in [0.25, 0.3) is 0 Å². The van der Waals surface area contributed by atoms with Crippen LogP contribution >= 0.6 is 0 Å². The van der Waals surface area contributed by atoms with E-state index in [9.17, 15) is 4.79 Å². The molecule has 1 heterocycles. The van der Waals surface area contributed by atoms with Crippen LogP contribution in [0.1, 0.15) is 39.5 Å². The molecule has 0 aromatic rings. The van der Waals surface area contributed by atoms with E-state index in [-0.39, 0.29) is 11.9 Å². The Labute approximate surface area is 104 Å². The first-order chi connectivity index (χ1) is 8.11. The smallest absolute Gasteiger partial charge is 0.220 e. The molecule has 4 nitrogen and oxygen atoms in total. The lowest BCUT2D eigenvalue weighted by Crippen LogP contribution is -2.41. The second kappa shape index (κ2) is 7.67. The van der Waals surface area contributed by atoms with Crippen LogP contribution in [0.25, 0.3) is 0 Å². The van der Waals surface area contributed by atoms with Crippen LogP contribution < -0.4 is 11.1 Å². The summed E-state index contributed by atoms with van der Waals surface area (Å²) in [5.74, 6) is 1.02. The molecule has 2 atom stereocenters. The van der Waals surface area contributed by atoms with Crippen molar-refractivity contribution < 1.29 is 9.53 Å². The molecular formula is C13H26N2O2. The Morgan fingerprint density at radius 2 is 2.29 bits per heavy atom. The lowest BCUT2D eigenvalue weighted by atomic mass is 9.94. The Morgan fingerprint density at radius 1 is 1.53 bits per heavy atom. The standard InChI is InChI=1S/C13H26N2O2/c1-10(2)6-11(8-14)7-13(16)15-12-4-3-5-17-9-12/h10-12H,3-9,14H2,1-2H3,(H,15,16). The molecule has 4 heteroatoms. The zero-order valence-electron chi connectivity index (χ0n) is 11.1. The van der Waals surface area contributed by atoms with E-state index < -0.39 is 0 Å². The van der Waals surface area contributed by atoms with E-state index in [1.54, 1.807) is 0 Å². The van der Waals surface area contributed by atoms with Crippen LogP contribution in [0, 0.1) is 11.8 Å². The molecule has 0 aromatic carbocycles. The van der Waals surface area contributed by atoms with Crippen LogP contribution in [0.15, 0.2) is 0 Å². The monoisotopic (exact) mass is 242 g/mol. The maximum atomic E-state index is 11.8. The molecule has 1 fully saturated rings. The molecule has 17 heavy (non-hydrogen) atoms. The summed E-state index contributed by atoms with van der Waals surface area (Å²) in [5.41, 5.74) is 5.70. The molecule has 2 unspecified atom stereocenters. The van der Waals surface area contributed by atoms with E-state index in [1.165, 1.54) is 0 Å². The highest BCUT2D eigenvalue weighted by Crippen LogP contribution is 2.14. The number of nitrogens with two attached hydrogens (primary N) is 1. The van der Waals surface area contributed by atoms with Crippen LogP contribution in [-0.4, -0.2) is 31.7 Å². The highest BCUT2D eigenvalue weighted by molar-refractivity contribution is 5.76. The Hall–Kier alpha value is -0.610. The third-order valence-electron chi connectivity index (χ3n) is 3.14. The second-order valence-corrected chi connectivity index (χ2v) is 5.42. The predicted octanol–water partition coefficient (Wildman–Crippen LogP) is 1.29. The van der Waals surface area contributed by atoms with Gasteiger partial charge in [0.2, 0.25) is 5.91 Å². The highest BCUT2D eigenvalue weighted by Gasteiger charge is 2.19. The van der Waals surface area contributed by atoms with E-state index in [2.05, 4.69) is 19.2 Å². The van der Waals surface area contributed by atoms with Crippen molar-refractivity contribution in [2.24, 2.45) is 17.6 Å². The molecule has 0 aromatic heterocycles. The van der Waals surface area contributed by atoms with Gasteiger partial charge < -0.3 is 15.8 Å². The average molecular weight is 242 g/mol. The van der Waals surface area contributed by atoms with Crippen molar-refractivity contribution in [2.45, 2.75) is 45.6 Å². The SMILES string of the molecule is CC(C)CC(CN)CC(=O)NC1CCCOC1. The molecule has 100 valence electrons. The molecular weight excluding hydrogens is 216 g/mol. The molecule has 3 N–H and O–H groups in total. The summed E-state index contributed by atoms with van der Waals surface area (Å²) >= 11 is 0. The summed E-state index contributed by atoms with van der Waals surface area (Å²) in [6, 6.07) is 0.203. The minimum Gasteiger partial charge on any atom is -0.379 e. The number of hydrogen-bond donors (Lipinski definition) is 2. The molecule has 1 amide bonds. The highest BCUT2D eigenvalue weighted by atomic mass is 16.5. The first kappa shape index (κ1) is 14.5. The fourth-order valence-corrected chi connectivity index (χ4v) is 2.33. The normalized spacial score (nSPS) is 22.5. The first-order valence-corrected chi connectivity index (χ1v) is 6.69. The van der Waals surface area contributed by atoms with Gasteiger partial charge in [0.05, 0.1) is 12.6 Å². The van der Waals surface area contributed by atoms with E-state index >= 15 is 0 Å². The molecule has 0 spiro atoms. The molecule has 0 aliphatic carbocycles. The van der Waals surface area contributed by atoms with Gasteiger partial charge >= 0.3 is 0 Å². The summed E-state index contributed by atoms with van der Waals surface area (Å²) in [6.45, 7) is 6.40. The summed E-state index contributed by atoms with van der Waals surface area (Å²) in [6.07, 6.45) is 3.64. The summed E-state index contributed by atoms with van der Waals surface area (Å²) in [4.78, 5) is 11.8. The minimum absolute atomic E-state index is 0.122.